The molecule has 69 heavy (non-hydrogen) atoms. The summed E-state index contributed by atoms with van der Waals surface area (Å²) in [4.78, 5) is 23.4. The third-order valence-corrected chi connectivity index (χ3v) is 15.6. The number of carbonyl (C=O) groups excluding carboxylic acids is 1. The lowest BCUT2D eigenvalue weighted by Gasteiger charge is -2.26. The zero-order chi connectivity index (χ0) is 50.6. The third kappa shape index (κ3) is 55.1. The highest BCUT2D eigenvalue weighted by Gasteiger charge is 2.28. The number of aliphatic hydroxyl groups is 1. The van der Waals surface area contributed by atoms with Gasteiger partial charge in [0.2, 0.25) is 5.91 Å². The van der Waals surface area contributed by atoms with Crippen LogP contribution in [0, 0.1) is 0 Å². The van der Waals surface area contributed by atoms with E-state index in [0.717, 1.165) is 38.5 Å². The fourth-order valence-corrected chi connectivity index (χ4v) is 10.5. The molecule has 0 bridgehead atoms. The number of nitrogens with zero attached hydrogens (tertiary/aromatic N) is 1. The van der Waals surface area contributed by atoms with Crippen molar-refractivity contribution in [3.63, 3.8) is 0 Å². The highest BCUT2D eigenvalue weighted by Crippen LogP contribution is 2.43. The minimum Gasteiger partial charge on any atom is -0.391 e. The van der Waals surface area contributed by atoms with E-state index in [4.69, 9.17) is 9.05 Å². The molecule has 0 spiro atoms. The number of hydrogen-bond acceptors (Lipinski definition) is 5. The number of phosphoric ester groups is 1. The number of phosphoric acid groups is 1. The normalized spacial score (nSPS) is 13.8. The summed E-state index contributed by atoms with van der Waals surface area (Å²) in [5.41, 5.74) is 0. The van der Waals surface area contributed by atoms with Crippen LogP contribution in [0.1, 0.15) is 328 Å². The molecular weight excluding hydrogens is 876 g/mol. The number of amides is 1. The maximum absolute atomic E-state index is 13.0. The third-order valence-electron chi connectivity index (χ3n) is 14.6. The van der Waals surface area contributed by atoms with Gasteiger partial charge in [0.25, 0.3) is 0 Å². The number of likely N-dealkylation sites (N-methyl/N-ethyl adjacent to an activating group) is 1. The highest BCUT2D eigenvalue weighted by molar-refractivity contribution is 7.47. The van der Waals surface area contributed by atoms with Crippen LogP contribution in [0.25, 0.3) is 0 Å². The Morgan fingerprint density at radius 3 is 0.971 bits per heavy atom. The Morgan fingerprint density at radius 2 is 0.696 bits per heavy atom. The quantitative estimate of drug-likeness (QED) is 0.0318. The molecule has 1 amide bonds. The Morgan fingerprint density at radius 1 is 0.435 bits per heavy atom. The van der Waals surface area contributed by atoms with Crippen molar-refractivity contribution in [2.24, 2.45) is 0 Å². The number of unbranched alkanes of at least 4 members (excludes halogenated alkanes) is 45. The van der Waals surface area contributed by atoms with E-state index in [-0.39, 0.29) is 19.1 Å². The van der Waals surface area contributed by atoms with Gasteiger partial charge in [-0.3, -0.25) is 13.8 Å². The van der Waals surface area contributed by atoms with Crippen molar-refractivity contribution < 1.29 is 32.9 Å². The lowest BCUT2D eigenvalue weighted by molar-refractivity contribution is -0.870. The van der Waals surface area contributed by atoms with Crippen LogP contribution in [0.3, 0.4) is 0 Å². The largest absolute Gasteiger partial charge is 0.472 e. The number of hydrogen-bond donors (Lipinski definition) is 3. The Labute approximate surface area is 431 Å². The number of quaternary nitrogens is 1. The number of nitrogens with one attached hydrogen (secondary N) is 1. The summed E-state index contributed by atoms with van der Waals surface area (Å²) >= 11 is 0. The van der Waals surface area contributed by atoms with Gasteiger partial charge < -0.3 is 19.8 Å². The molecule has 414 valence electrons. The molecular formula is C60H124N2O6P+. The minimum atomic E-state index is -4.32. The minimum absolute atomic E-state index is 0.0792. The molecule has 0 aliphatic carbocycles. The molecule has 0 rings (SSSR count). The van der Waals surface area contributed by atoms with Crippen LogP contribution in [-0.4, -0.2) is 73.4 Å². The van der Waals surface area contributed by atoms with Gasteiger partial charge in [-0.1, -0.05) is 309 Å². The van der Waals surface area contributed by atoms with Gasteiger partial charge in [0, 0.05) is 6.42 Å². The summed E-state index contributed by atoms with van der Waals surface area (Å²) in [5.74, 6) is -0.135. The molecule has 0 fully saturated rings. The molecule has 0 aromatic carbocycles. The second kappa shape index (κ2) is 52.4. The van der Waals surface area contributed by atoms with E-state index in [1.165, 1.54) is 263 Å². The van der Waals surface area contributed by atoms with Crippen LogP contribution < -0.4 is 5.32 Å². The van der Waals surface area contributed by atoms with Crippen molar-refractivity contribution in [2.45, 2.75) is 341 Å². The highest BCUT2D eigenvalue weighted by atomic mass is 31.2. The average molecular weight is 1000 g/mol. The Balaban J connectivity index is 4.02. The summed E-state index contributed by atoms with van der Waals surface area (Å²) in [6, 6.07) is -0.755. The van der Waals surface area contributed by atoms with Crippen molar-refractivity contribution in [3.05, 3.63) is 0 Å². The topological polar surface area (TPSA) is 105 Å². The predicted molar refractivity (Wildman–Crippen MR) is 300 cm³/mol. The van der Waals surface area contributed by atoms with Gasteiger partial charge in [0.15, 0.2) is 0 Å². The predicted octanol–water partition coefficient (Wildman–Crippen LogP) is 18.8. The smallest absolute Gasteiger partial charge is 0.391 e. The van der Waals surface area contributed by atoms with E-state index >= 15 is 0 Å². The van der Waals surface area contributed by atoms with Crippen LogP contribution >= 0.6 is 7.82 Å². The maximum atomic E-state index is 13.0. The van der Waals surface area contributed by atoms with E-state index in [1.807, 2.05) is 21.1 Å². The maximum Gasteiger partial charge on any atom is 0.472 e. The van der Waals surface area contributed by atoms with E-state index in [0.29, 0.717) is 23.9 Å². The molecule has 8 nitrogen and oxygen atoms in total. The molecule has 0 radical (unpaired) electrons. The number of carbonyl (C=O) groups is 1. The molecule has 0 aromatic heterocycles. The second-order valence-electron chi connectivity index (χ2n) is 22.8. The van der Waals surface area contributed by atoms with Crippen molar-refractivity contribution in [2.75, 3.05) is 40.9 Å². The summed E-state index contributed by atoms with van der Waals surface area (Å²) in [6.07, 6.45) is 63.2. The molecule has 9 heteroatoms. The molecule has 0 aliphatic rings. The van der Waals surface area contributed by atoms with Gasteiger partial charge in [0.05, 0.1) is 39.9 Å². The Kier molecular flexibility index (Phi) is 52.0. The van der Waals surface area contributed by atoms with E-state index in [1.54, 1.807) is 0 Å². The fraction of sp³-hybridized carbons (Fsp3) is 0.983. The molecule has 3 N–H and O–H groups in total. The van der Waals surface area contributed by atoms with Crippen molar-refractivity contribution in [1.82, 2.24) is 5.32 Å². The first kappa shape index (κ1) is 68.5. The van der Waals surface area contributed by atoms with Crippen LogP contribution in [0.2, 0.25) is 0 Å². The summed E-state index contributed by atoms with van der Waals surface area (Å²) in [5, 5.41) is 14.1. The van der Waals surface area contributed by atoms with E-state index < -0.39 is 20.0 Å². The van der Waals surface area contributed by atoms with Gasteiger partial charge >= 0.3 is 7.82 Å². The van der Waals surface area contributed by atoms with Crippen LogP contribution in [0.5, 0.6) is 0 Å². The summed E-state index contributed by atoms with van der Waals surface area (Å²) in [6.45, 7) is 4.95. The molecule has 0 saturated carbocycles. The van der Waals surface area contributed by atoms with Gasteiger partial charge in [-0.15, -0.1) is 0 Å². The zero-order valence-corrected chi connectivity index (χ0v) is 48.2. The van der Waals surface area contributed by atoms with Gasteiger partial charge in [-0.2, -0.15) is 0 Å². The second-order valence-corrected chi connectivity index (χ2v) is 24.3. The molecule has 3 unspecified atom stereocenters. The van der Waals surface area contributed by atoms with Crippen LogP contribution in [0.4, 0.5) is 0 Å². The van der Waals surface area contributed by atoms with Gasteiger partial charge in [0.1, 0.15) is 13.2 Å². The molecule has 0 heterocycles. The van der Waals surface area contributed by atoms with E-state index in [9.17, 15) is 19.4 Å². The zero-order valence-electron chi connectivity index (χ0n) is 47.3. The lowest BCUT2D eigenvalue weighted by Crippen LogP contribution is -2.46. The van der Waals surface area contributed by atoms with Crippen molar-refractivity contribution >= 4 is 13.7 Å². The average Bonchev–Trinajstić information content (AvgIpc) is 3.31. The number of rotatable bonds is 58. The van der Waals surface area contributed by atoms with Crippen molar-refractivity contribution in [1.29, 1.82) is 0 Å². The first-order chi connectivity index (χ1) is 33.5. The molecule has 0 aliphatic heterocycles. The molecule has 0 saturated heterocycles. The van der Waals surface area contributed by atoms with Crippen LogP contribution in [0.15, 0.2) is 0 Å². The van der Waals surface area contributed by atoms with E-state index in [2.05, 4.69) is 19.2 Å². The van der Waals surface area contributed by atoms with Gasteiger partial charge in [-0.25, -0.2) is 4.57 Å². The van der Waals surface area contributed by atoms with Gasteiger partial charge in [-0.05, 0) is 12.8 Å². The van der Waals surface area contributed by atoms with Crippen molar-refractivity contribution in [3.8, 4) is 0 Å². The first-order valence-electron chi connectivity index (χ1n) is 30.9. The first-order valence-corrected chi connectivity index (χ1v) is 32.4. The SMILES string of the molecule is CCCCCCCCCCCCCCCCCCCCCCCCCCCCCCCC(=O)NC(COP(=O)(O)OCC[N+](C)(C)C)C(O)CCCCCCCCCCCCCCCCCCCC. The summed E-state index contributed by atoms with van der Waals surface area (Å²) < 4.78 is 23.8. The number of aliphatic hydroxyl groups excluding tert-OH is 1. The molecule has 3 atom stereocenters. The standard InChI is InChI=1S/C60H123N2O6P/c1-6-8-10-12-14-16-18-20-22-24-26-27-28-29-30-31-32-33-34-35-36-38-40-42-44-46-48-50-52-54-60(64)61-58(57-68-69(65,66)67-56-55-62(3,4)5)59(63)53-51-49-47-45-43-41-39-37-25-23-21-19-17-15-13-11-9-7-2/h58-59,63H,6-57H2,1-5H3,(H-,61,64,65,66)/p+1. The van der Waals surface area contributed by atoms with Crippen LogP contribution in [-0.2, 0) is 18.4 Å². The fourth-order valence-electron chi connectivity index (χ4n) is 9.76. The molecule has 0 aromatic rings. The Bertz CT molecular complexity index is 1090. The lowest BCUT2D eigenvalue weighted by atomic mass is 10.0. The summed E-state index contributed by atoms with van der Waals surface area (Å²) in [7, 11) is 1.64. The Hall–Kier alpha value is -0.500. The monoisotopic (exact) mass is 1000 g/mol.